The predicted molar refractivity (Wildman–Crippen MR) is 79.3 cm³/mol. The molecule has 0 saturated carbocycles. The molecule has 2 heterocycles. The van der Waals surface area contributed by atoms with Gasteiger partial charge in [0.05, 0.1) is 11.0 Å². The Hall–Kier alpha value is -2.08. The van der Waals surface area contributed by atoms with Crippen LogP contribution in [-0.2, 0) is 0 Å². The molecule has 0 atom stereocenters. The zero-order valence-corrected chi connectivity index (χ0v) is 11.4. The summed E-state index contributed by atoms with van der Waals surface area (Å²) < 4.78 is 0. The Labute approximate surface area is 115 Å². The fraction of sp³-hybridized carbons (Fsp3) is 0.429. The number of fused-ring (bicyclic) bond motifs is 1. The van der Waals surface area contributed by atoms with E-state index in [9.17, 15) is 9.59 Å². The standard InChI is InChI=1S/C14H18N4O2/c1-18-6-4-9(5-7-18)15-10-2-3-11-12(8-10)17-14(20)13(19)16-11/h2-3,8-9,15H,4-7H2,1H3,(H,16,19)(H,17,20). The molecule has 0 unspecified atom stereocenters. The van der Waals surface area contributed by atoms with E-state index in [4.69, 9.17) is 0 Å². The number of rotatable bonds is 2. The van der Waals surface area contributed by atoms with Crippen LogP contribution >= 0.6 is 0 Å². The lowest BCUT2D eigenvalue weighted by atomic mass is 10.1. The Morgan fingerprint density at radius 3 is 2.45 bits per heavy atom. The average molecular weight is 274 g/mol. The number of nitrogens with one attached hydrogen (secondary N) is 3. The summed E-state index contributed by atoms with van der Waals surface area (Å²) in [5.74, 6) is 0. The van der Waals surface area contributed by atoms with Crippen LogP contribution in [0.1, 0.15) is 12.8 Å². The number of aromatic nitrogens is 2. The van der Waals surface area contributed by atoms with E-state index in [-0.39, 0.29) is 0 Å². The van der Waals surface area contributed by atoms with Gasteiger partial charge in [0.2, 0.25) is 0 Å². The Morgan fingerprint density at radius 1 is 1.10 bits per heavy atom. The quantitative estimate of drug-likeness (QED) is 0.705. The summed E-state index contributed by atoms with van der Waals surface area (Å²) in [6.45, 7) is 2.19. The molecule has 106 valence electrons. The van der Waals surface area contributed by atoms with Gasteiger partial charge in [0.15, 0.2) is 0 Å². The molecule has 3 rings (SSSR count). The van der Waals surface area contributed by atoms with Gasteiger partial charge in [-0.3, -0.25) is 9.59 Å². The first kappa shape index (κ1) is 12.9. The molecule has 20 heavy (non-hydrogen) atoms. The van der Waals surface area contributed by atoms with Crippen molar-refractivity contribution in [3.8, 4) is 0 Å². The van der Waals surface area contributed by atoms with Crippen LogP contribution in [0.5, 0.6) is 0 Å². The van der Waals surface area contributed by atoms with Crippen molar-refractivity contribution in [2.75, 3.05) is 25.5 Å². The summed E-state index contributed by atoms with van der Waals surface area (Å²) in [6, 6.07) is 6.06. The first-order valence-electron chi connectivity index (χ1n) is 6.83. The minimum Gasteiger partial charge on any atom is -0.382 e. The Kier molecular flexibility index (Phi) is 3.31. The molecule has 6 nitrogen and oxygen atoms in total. The van der Waals surface area contributed by atoms with Gasteiger partial charge in [-0.2, -0.15) is 0 Å². The first-order valence-corrected chi connectivity index (χ1v) is 6.83. The summed E-state index contributed by atoms with van der Waals surface area (Å²) in [4.78, 5) is 30.1. The lowest BCUT2D eigenvalue weighted by Gasteiger charge is -2.30. The third-order valence-electron chi connectivity index (χ3n) is 3.81. The van der Waals surface area contributed by atoms with Gasteiger partial charge in [-0.25, -0.2) is 0 Å². The Morgan fingerprint density at radius 2 is 1.75 bits per heavy atom. The van der Waals surface area contributed by atoms with Crippen molar-refractivity contribution in [3.63, 3.8) is 0 Å². The molecule has 2 aromatic rings. The summed E-state index contributed by atoms with van der Waals surface area (Å²) >= 11 is 0. The molecule has 0 radical (unpaired) electrons. The fourth-order valence-electron chi connectivity index (χ4n) is 2.59. The molecule has 0 bridgehead atoms. The Bertz CT molecular complexity index is 726. The van der Waals surface area contributed by atoms with E-state index in [0.29, 0.717) is 17.1 Å². The average Bonchev–Trinajstić information content (AvgIpc) is 2.43. The number of likely N-dealkylation sites (tertiary alicyclic amines) is 1. The van der Waals surface area contributed by atoms with Gasteiger partial charge in [-0.15, -0.1) is 0 Å². The van der Waals surface area contributed by atoms with Gasteiger partial charge in [0.25, 0.3) is 0 Å². The van der Waals surface area contributed by atoms with Crippen LogP contribution in [0.3, 0.4) is 0 Å². The smallest absolute Gasteiger partial charge is 0.314 e. The molecule has 1 aliphatic heterocycles. The predicted octanol–water partition coefficient (Wildman–Crippen LogP) is 0.723. The minimum atomic E-state index is -0.617. The summed E-state index contributed by atoms with van der Waals surface area (Å²) in [6.07, 6.45) is 2.22. The highest BCUT2D eigenvalue weighted by atomic mass is 16.2. The van der Waals surface area contributed by atoms with Crippen LogP contribution in [0.15, 0.2) is 27.8 Å². The third-order valence-corrected chi connectivity index (χ3v) is 3.81. The second-order valence-electron chi connectivity index (χ2n) is 5.39. The molecular formula is C14H18N4O2. The number of anilines is 1. The molecule has 1 aromatic carbocycles. The van der Waals surface area contributed by atoms with E-state index in [2.05, 4.69) is 27.2 Å². The van der Waals surface area contributed by atoms with Crippen molar-refractivity contribution in [3.05, 3.63) is 38.9 Å². The largest absolute Gasteiger partial charge is 0.382 e. The molecular weight excluding hydrogens is 256 g/mol. The van der Waals surface area contributed by atoms with E-state index >= 15 is 0 Å². The summed E-state index contributed by atoms with van der Waals surface area (Å²) in [5.41, 5.74) is 1.02. The molecule has 1 aromatic heterocycles. The van der Waals surface area contributed by atoms with Crippen LogP contribution in [0, 0.1) is 0 Å². The van der Waals surface area contributed by atoms with Crippen molar-refractivity contribution in [2.24, 2.45) is 0 Å². The maximum atomic E-state index is 11.3. The van der Waals surface area contributed by atoms with Crippen molar-refractivity contribution in [2.45, 2.75) is 18.9 Å². The highest BCUT2D eigenvalue weighted by molar-refractivity contribution is 5.78. The maximum absolute atomic E-state index is 11.3. The van der Waals surface area contributed by atoms with Crippen molar-refractivity contribution in [1.29, 1.82) is 0 Å². The number of nitrogens with zero attached hydrogens (tertiary/aromatic N) is 1. The van der Waals surface area contributed by atoms with Crippen LogP contribution in [0.2, 0.25) is 0 Å². The first-order chi connectivity index (χ1) is 9.61. The molecule has 6 heteroatoms. The van der Waals surface area contributed by atoms with Crippen LogP contribution in [0.4, 0.5) is 5.69 Å². The van der Waals surface area contributed by atoms with Crippen LogP contribution in [0.25, 0.3) is 11.0 Å². The van der Waals surface area contributed by atoms with Gasteiger partial charge in [-0.1, -0.05) is 0 Å². The normalized spacial score (nSPS) is 17.4. The lowest BCUT2D eigenvalue weighted by molar-refractivity contribution is 0.264. The molecule has 1 fully saturated rings. The third kappa shape index (κ3) is 2.60. The Balaban J connectivity index is 1.84. The van der Waals surface area contributed by atoms with Crippen LogP contribution < -0.4 is 16.4 Å². The monoisotopic (exact) mass is 274 g/mol. The highest BCUT2D eigenvalue weighted by Crippen LogP contribution is 2.18. The van der Waals surface area contributed by atoms with Gasteiger partial charge in [0, 0.05) is 11.7 Å². The van der Waals surface area contributed by atoms with Gasteiger partial charge in [0.1, 0.15) is 0 Å². The minimum absolute atomic E-state index is 0.457. The molecule has 3 N–H and O–H groups in total. The number of aromatic amines is 2. The number of hydrogen-bond acceptors (Lipinski definition) is 4. The second-order valence-corrected chi connectivity index (χ2v) is 5.39. The van der Waals surface area contributed by atoms with Gasteiger partial charge in [-0.05, 0) is 51.2 Å². The topological polar surface area (TPSA) is 81.0 Å². The van der Waals surface area contributed by atoms with E-state index in [0.717, 1.165) is 31.6 Å². The van der Waals surface area contributed by atoms with Crippen molar-refractivity contribution in [1.82, 2.24) is 14.9 Å². The van der Waals surface area contributed by atoms with Crippen molar-refractivity contribution >= 4 is 16.7 Å². The van der Waals surface area contributed by atoms with Gasteiger partial charge >= 0.3 is 11.1 Å². The van der Waals surface area contributed by atoms with Crippen LogP contribution in [-0.4, -0.2) is 41.0 Å². The SMILES string of the molecule is CN1CCC(Nc2ccc3[nH]c(=O)c(=O)[nH]c3c2)CC1. The number of hydrogen-bond donors (Lipinski definition) is 3. The van der Waals surface area contributed by atoms with Gasteiger partial charge < -0.3 is 20.2 Å². The lowest BCUT2D eigenvalue weighted by Crippen LogP contribution is -2.36. The molecule has 1 aliphatic rings. The number of benzene rings is 1. The van der Waals surface area contributed by atoms with E-state index < -0.39 is 11.1 Å². The second kappa shape index (κ2) is 5.13. The maximum Gasteiger partial charge on any atom is 0.314 e. The molecule has 0 amide bonds. The zero-order chi connectivity index (χ0) is 14.1. The molecule has 0 spiro atoms. The molecule has 1 saturated heterocycles. The zero-order valence-electron chi connectivity index (χ0n) is 11.4. The summed E-state index contributed by atoms with van der Waals surface area (Å²) in [7, 11) is 2.13. The van der Waals surface area contributed by atoms with Crippen molar-refractivity contribution < 1.29 is 0 Å². The fourth-order valence-corrected chi connectivity index (χ4v) is 2.59. The van der Waals surface area contributed by atoms with E-state index in [1.807, 2.05) is 18.2 Å². The van der Waals surface area contributed by atoms with E-state index in [1.165, 1.54) is 0 Å². The molecule has 0 aliphatic carbocycles. The summed E-state index contributed by atoms with van der Waals surface area (Å²) in [5, 5.41) is 3.49. The number of H-pyrrole nitrogens is 2. The highest BCUT2D eigenvalue weighted by Gasteiger charge is 2.16. The number of piperidine rings is 1. The van der Waals surface area contributed by atoms with E-state index in [1.54, 1.807) is 0 Å².